The van der Waals surface area contributed by atoms with Crippen molar-refractivity contribution in [3.8, 4) is 12.3 Å². The van der Waals surface area contributed by atoms with Crippen molar-refractivity contribution in [2.24, 2.45) is 5.73 Å². The Balaban J connectivity index is 3.18. The molecule has 0 saturated carbocycles. The molecule has 62 valence electrons. The molecule has 0 aromatic heterocycles. The minimum absolute atomic E-state index is 0.340. The number of halogens is 2. The highest BCUT2D eigenvalue weighted by Gasteiger charge is 2.10. The SMILES string of the molecule is C#CC(N)c1cccc(Br)c1F. The fourth-order valence-corrected chi connectivity index (χ4v) is 1.23. The van der Waals surface area contributed by atoms with Crippen molar-refractivity contribution in [2.75, 3.05) is 0 Å². The van der Waals surface area contributed by atoms with Crippen LogP contribution >= 0.6 is 15.9 Å². The van der Waals surface area contributed by atoms with Gasteiger partial charge in [-0.05, 0) is 22.0 Å². The third-order valence-electron chi connectivity index (χ3n) is 1.50. The molecule has 0 aliphatic rings. The van der Waals surface area contributed by atoms with E-state index in [0.29, 0.717) is 10.0 Å². The van der Waals surface area contributed by atoms with E-state index in [0.717, 1.165) is 0 Å². The molecule has 1 atom stereocenters. The van der Waals surface area contributed by atoms with E-state index in [2.05, 4.69) is 21.9 Å². The molecule has 2 N–H and O–H groups in total. The van der Waals surface area contributed by atoms with Crippen LogP contribution in [0.3, 0.4) is 0 Å². The van der Waals surface area contributed by atoms with Gasteiger partial charge in [-0.15, -0.1) is 6.42 Å². The lowest BCUT2D eigenvalue weighted by Crippen LogP contribution is -2.09. The fraction of sp³-hybridized carbons (Fsp3) is 0.111. The molecule has 0 bridgehead atoms. The van der Waals surface area contributed by atoms with Crippen LogP contribution in [0.1, 0.15) is 11.6 Å². The van der Waals surface area contributed by atoms with Crippen molar-refractivity contribution in [1.29, 1.82) is 0 Å². The van der Waals surface area contributed by atoms with E-state index in [1.165, 1.54) is 0 Å². The van der Waals surface area contributed by atoms with E-state index >= 15 is 0 Å². The summed E-state index contributed by atoms with van der Waals surface area (Å²) in [6, 6.07) is 4.19. The summed E-state index contributed by atoms with van der Waals surface area (Å²) in [5, 5.41) is 0. The van der Waals surface area contributed by atoms with Crippen LogP contribution in [0.5, 0.6) is 0 Å². The Morgan fingerprint density at radius 1 is 1.58 bits per heavy atom. The molecule has 12 heavy (non-hydrogen) atoms. The van der Waals surface area contributed by atoms with Gasteiger partial charge >= 0.3 is 0 Å². The maximum Gasteiger partial charge on any atom is 0.143 e. The van der Waals surface area contributed by atoms with Crippen LogP contribution in [-0.4, -0.2) is 0 Å². The molecule has 1 aromatic carbocycles. The van der Waals surface area contributed by atoms with Crippen LogP contribution in [0.25, 0.3) is 0 Å². The van der Waals surface area contributed by atoms with Gasteiger partial charge in [0.1, 0.15) is 5.82 Å². The molecule has 0 amide bonds. The number of rotatable bonds is 1. The van der Waals surface area contributed by atoms with Gasteiger partial charge in [0.2, 0.25) is 0 Å². The predicted octanol–water partition coefficient (Wildman–Crippen LogP) is 2.22. The lowest BCUT2D eigenvalue weighted by atomic mass is 10.1. The lowest BCUT2D eigenvalue weighted by Gasteiger charge is -2.06. The number of benzene rings is 1. The molecule has 1 unspecified atom stereocenters. The van der Waals surface area contributed by atoms with Crippen LogP contribution < -0.4 is 5.73 Å². The summed E-state index contributed by atoms with van der Waals surface area (Å²) in [6.45, 7) is 0. The van der Waals surface area contributed by atoms with E-state index in [9.17, 15) is 4.39 Å². The number of hydrogen-bond acceptors (Lipinski definition) is 1. The Morgan fingerprint density at radius 2 is 2.25 bits per heavy atom. The van der Waals surface area contributed by atoms with Gasteiger partial charge in [-0.3, -0.25) is 0 Å². The molecule has 0 saturated heterocycles. The third kappa shape index (κ3) is 1.66. The smallest absolute Gasteiger partial charge is 0.143 e. The van der Waals surface area contributed by atoms with E-state index in [-0.39, 0.29) is 5.82 Å². The summed E-state index contributed by atoms with van der Waals surface area (Å²) in [6.07, 6.45) is 5.07. The van der Waals surface area contributed by atoms with Crippen molar-refractivity contribution >= 4 is 15.9 Å². The van der Waals surface area contributed by atoms with E-state index in [1.807, 2.05) is 0 Å². The summed E-state index contributed by atoms with van der Waals surface area (Å²) in [7, 11) is 0. The first-order valence-electron chi connectivity index (χ1n) is 3.32. The van der Waals surface area contributed by atoms with Crippen LogP contribution in [0.15, 0.2) is 22.7 Å². The van der Waals surface area contributed by atoms with Gasteiger partial charge in [0.25, 0.3) is 0 Å². The maximum atomic E-state index is 13.2. The molecule has 1 aromatic rings. The summed E-state index contributed by atoms with van der Waals surface area (Å²) < 4.78 is 13.6. The van der Waals surface area contributed by atoms with E-state index < -0.39 is 6.04 Å². The van der Waals surface area contributed by atoms with Gasteiger partial charge < -0.3 is 5.73 Å². The molecule has 1 rings (SSSR count). The summed E-state index contributed by atoms with van der Waals surface area (Å²) in [5.41, 5.74) is 5.81. The second-order valence-corrected chi connectivity index (χ2v) is 3.14. The standard InChI is InChI=1S/C9H7BrFN/c1-2-8(12)6-4-3-5-7(10)9(6)11/h1,3-5,8H,12H2. The molecule has 1 nitrogen and oxygen atoms in total. The molecule has 3 heteroatoms. The first-order valence-corrected chi connectivity index (χ1v) is 4.11. The van der Waals surface area contributed by atoms with E-state index in [1.54, 1.807) is 18.2 Å². The average molecular weight is 228 g/mol. The zero-order chi connectivity index (χ0) is 9.14. The normalized spacial score (nSPS) is 12.2. The second-order valence-electron chi connectivity index (χ2n) is 2.29. The molecule has 0 aliphatic heterocycles. The van der Waals surface area contributed by atoms with Gasteiger partial charge in [-0.25, -0.2) is 4.39 Å². The molecular weight excluding hydrogens is 221 g/mol. The number of nitrogens with two attached hydrogens (primary N) is 1. The summed E-state index contributed by atoms with van der Waals surface area (Å²) >= 11 is 3.04. The highest BCUT2D eigenvalue weighted by Crippen LogP contribution is 2.21. The molecule has 0 radical (unpaired) electrons. The Morgan fingerprint density at radius 3 is 2.83 bits per heavy atom. The van der Waals surface area contributed by atoms with Gasteiger partial charge in [0.15, 0.2) is 0 Å². The van der Waals surface area contributed by atoms with Crippen LogP contribution in [0.4, 0.5) is 4.39 Å². The van der Waals surface area contributed by atoms with Crippen molar-refractivity contribution in [3.05, 3.63) is 34.1 Å². The van der Waals surface area contributed by atoms with Gasteiger partial charge in [-0.2, -0.15) is 0 Å². The second kappa shape index (κ2) is 3.70. The predicted molar refractivity (Wildman–Crippen MR) is 49.9 cm³/mol. The first-order chi connectivity index (χ1) is 5.66. The maximum absolute atomic E-state index is 13.2. The number of hydrogen-bond donors (Lipinski definition) is 1. The quantitative estimate of drug-likeness (QED) is 0.732. The zero-order valence-corrected chi connectivity index (χ0v) is 7.81. The van der Waals surface area contributed by atoms with Crippen LogP contribution in [0, 0.1) is 18.2 Å². The molecule has 0 spiro atoms. The van der Waals surface area contributed by atoms with Gasteiger partial charge in [-0.1, -0.05) is 18.1 Å². The zero-order valence-electron chi connectivity index (χ0n) is 6.22. The van der Waals surface area contributed by atoms with Gasteiger partial charge in [0.05, 0.1) is 10.5 Å². The topological polar surface area (TPSA) is 26.0 Å². The monoisotopic (exact) mass is 227 g/mol. The highest BCUT2D eigenvalue weighted by atomic mass is 79.9. The largest absolute Gasteiger partial charge is 0.314 e. The highest BCUT2D eigenvalue weighted by molar-refractivity contribution is 9.10. The molecule has 0 heterocycles. The van der Waals surface area contributed by atoms with Crippen molar-refractivity contribution in [1.82, 2.24) is 0 Å². The Bertz CT molecular complexity index is 330. The average Bonchev–Trinajstić information content (AvgIpc) is 2.08. The Kier molecular flexibility index (Phi) is 2.85. The van der Waals surface area contributed by atoms with E-state index in [4.69, 9.17) is 12.2 Å². The fourth-order valence-electron chi connectivity index (χ4n) is 0.850. The molecular formula is C9H7BrFN. The summed E-state index contributed by atoms with van der Waals surface area (Å²) in [5.74, 6) is 1.88. The third-order valence-corrected chi connectivity index (χ3v) is 2.11. The lowest BCUT2D eigenvalue weighted by molar-refractivity contribution is 0.598. The van der Waals surface area contributed by atoms with Crippen LogP contribution in [-0.2, 0) is 0 Å². The minimum atomic E-state index is -0.678. The minimum Gasteiger partial charge on any atom is -0.314 e. The number of terminal acetylenes is 1. The first kappa shape index (κ1) is 9.24. The van der Waals surface area contributed by atoms with Crippen molar-refractivity contribution in [2.45, 2.75) is 6.04 Å². The van der Waals surface area contributed by atoms with Crippen molar-refractivity contribution < 1.29 is 4.39 Å². The van der Waals surface area contributed by atoms with Gasteiger partial charge in [0, 0.05) is 5.56 Å². The summed E-state index contributed by atoms with van der Waals surface area (Å²) in [4.78, 5) is 0. The Labute approximate surface area is 78.9 Å². The van der Waals surface area contributed by atoms with Crippen LogP contribution in [0.2, 0.25) is 0 Å². The molecule has 0 fully saturated rings. The van der Waals surface area contributed by atoms with Crippen molar-refractivity contribution in [3.63, 3.8) is 0 Å². The molecule has 0 aliphatic carbocycles. The Hall–Kier alpha value is -0.850.